The number of aryl methyl sites for hydroxylation is 1. The Kier molecular flexibility index (Phi) is 5.97. The van der Waals surface area contributed by atoms with Crippen molar-refractivity contribution in [3.05, 3.63) is 82.2 Å². The molecule has 2 aromatic heterocycles. The number of nitrogens with zero attached hydrogens (tertiary/aromatic N) is 3. The Morgan fingerprint density at radius 3 is 2.80 bits per heavy atom. The Bertz CT molecular complexity index is 1060. The number of nitrogens with one attached hydrogen (secondary N) is 1. The molecule has 0 radical (unpaired) electrons. The van der Waals surface area contributed by atoms with E-state index in [1.165, 1.54) is 4.68 Å². The van der Waals surface area contributed by atoms with Gasteiger partial charge in [0.1, 0.15) is 11.5 Å². The number of amides is 1. The van der Waals surface area contributed by atoms with Crippen LogP contribution in [-0.2, 0) is 17.9 Å². The molecule has 7 nitrogen and oxygen atoms in total. The van der Waals surface area contributed by atoms with Crippen LogP contribution < -0.4 is 15.8 Å². The van der Waals surface area contributed by atoms with Crippen molar-refractivity contribution in [1.82, 2.24) is 15.1 Å². The molecule has 1 fully saturated rings. The number of furan rings is 1. The van der Waals surface area contributed by atoms with E-state index in [-0.39, 0.29) is 17.4 Å². The zero-order valence-corrected chi connectivity index (χ0v) is 17.1. The van der Waals surface area contributed by atoms with Crippen LogP contribution >= 0.6 is 0 Å². The molecule has 3 aromatic rings. The maximum Gasteiger partial charge on any atom is 0.269 e. The second kappa shape index (κ2) is 8.98. The maximum absolute atomic E-state index is 12.6. The molecule has 156 valence electrons. The summed E-state index contributed by atoms with van der Waals surface area (Å²) in [5, 5.41) is 7.31. The normalized spacial score (nSPS) is 16.4. The molecule has 1 atom stereocenters. The molecule has 1 saturated heterocycles. The standard InChI is InChI=1S/C23H26N4O3/c1-17-9-10-21(30-17)14-24-23(29)19-8-5-11-26(16-19)20-12-22(28)27(25-13-20)15-18-6-3-2-4-7-18/h2-4,6-7,9-10,12-13,19H,5,8,11,14-16H2,1H3,(H,24,29). The van der Waals surface area contributed by atoms with Gasteiger partial charge in [0.2, 0.25) is 5.91 Å². The van der Waals surface area contributed by atoms with Crippen LogP contribution in [0.15, 0.2) is 63.9 Å². The second-order valence-corrected chi connectivity index (χ2v) is 7.71. The molecule has 0 aliphatic carbocycles. The fourth-order valence-electron chi connectivity index (χ4n) is 3.80. The highest BCUT2D eigenvalue weighted by Gasteiger charge is 2.26. The van der Waals surface area contributed by atoms with E-state index in [0.717, 1.165) is 42.2 Å². The molecule has 1 aromatic carbocycles. The lowest BCUT2D eigenvalue weighted by Crippen LogP contribution is -2.43. The SMILES string of the molecule is Cc1ccc(CNC(=O)C2CCCN(c3cnn(Cc4ccccc4)c(=O)c3)C2)o1. The van der Waals surface area contributed by atoms with E-state index in [1.807, 2.05) is 49.4 Å². The largest absolute Gasteiger partial charge is 0.465 e. The molecule has 1 amide bonds. The summed E-state index contributed by atoms with van der Waals surface area (Å²) in [6.45, 7) is 4.10. The average Bonchev–Trinajstić information content (AvgIpc) is 3.19. The third-order valence-corrected chi connectivity index (χ3v) is 5.42. The third kappa shape index (κ3) is 4.79. The molecular formula is C23H26N4O3. The second-order valence-electron chi connectivity index (χ2n) is 7.71. The number of hydrogen-bond donors (Lipinski definition) is 1. The van der Waals surface area contributed by atoms with Gasteiger partial charge in [-0.05, 0) is 37.5 Å². The minimum absolute atomic E-state index is 0.0131. The quantitative estimate of drug-likeness (QED) is 0.681. The van der Waals surface area contributed by atoms with Gasteiger partial charge in [-0.15, -0.1) is 0 Å². The van der Waals surface area contributed by atoms with Crippen LogP contribution in [0.25, 0.3) is 0 Å². The van der Waals surface area contributed by atoms with Crippen LogP contribution in [0.5, 0.6) is 0 Å². The monoisotopic (exact) mass is 406 g/mol. The first-order valence-corrected chi connectivity index (χ1v) is 10.3. The predicted molar refractivity (Wildman–Crippen MR) is 114 cm³/mol. The Morgan fingerprint density at radius 2 is 2.07 bits per heavy atom. The van der Waals surface area contributed by atoms with E-state index >= 15 is 0 Å². The van der Waals surface area contributed by atoms with Gasteiger partial charge in [-0.3, -0.25) is 9.59 Å². The van der Waals surface area contributed by atoms with Crippen LogP contribution in [0.1, 0.15) is 29.9 Å². The molecular weight excluding hydrogens is 380 g/mol. The Labute approximate surface area is 175 Å². The highest BCUT2D eigenvalue weighted by atomic mass is 16.3. The number of piperidine rings is 1. The number of anilines is 1. The highest BCUT2D eigenvalue weighted by Crippen LogP contribution is 2.22. The van der Waals surface area contributed by atoms with Gasteiger partial charge < -0.3 is 14.6 Å². The van der Waals surface area contributed by atoms with Gasteiger partial charge in [0.25, 0.3) is 5.56 Å². The summed E-state index contributed by atoms with van der Waals surface area (Å²) in [6, 6.07) is 15.2. The van der Waals surface area contributed by atoms with Gasteiger partial charge in [0, 0.05) is 19.2 Å². The summed E-state index contributed by atoms with van der Waals surface area (Å²) >= 11 is 0. The Hall–Kier alpha value is -3.35. The first-order valence-electron chi connectivity index (χ1n) is 10.3. The number of carbonyl (C=O) groups is 1. The molecule has 4 rings (SSSR count). The minimum atomic E-state index is -0.142. The van der Waals surface area contributed by atoms with Crippen LogP contribution in [0.4, 0.5) is 5.69 Å². The minimum Gasteiger partial charge on any atom is -0.465 e. The zero-order valence-electron chi connectivity index (χ0n) is 17.1. The molecule has 30 heavy (non-hydrogen) atoms. The first-order chi connectivity index (χ1) is 14.6. The highest BCUT2D eigenvalue weighted by molar-refractivity contribution is 5.79. The van der Waals surface area contributed by atoms with Gasteiger partial charge in [-0.1, -0.05) is 30.3 Å². The molecule has 0 bridgehead atoms. The molecule has 1 N–H and O–H groups in total. The lowest BCUT2D eigenvalue weighted by Gasteiger charge is -2.33. The molecule has 1 unspecified atom stereocenters. The van der Waals surface area contributed by atoms with Gasteiger partial charge >= 0.3 is 0 Å². The summed E-state index contributed by atoms with van der Waals surface area (Å²) in [5.74, 6) is 1.47. The summed E-state index contributed by atoms with van der Waals surface area (Å²) in [4.78, 5) is 27.2. The van der Waals surface area contributed by atoms with E-state index in [9.17, 15) is 9.59 Å². The Balaban J connectivity index is 1.38. The topological polar surface area (TPSA) is 80.4 Å². The van der Waals surface area contributed by atoms with E-state index in [0.29, 0.717) is 19.6 Å². The zero-order chi connectivity index (χ0) is 20.9. The molecule has 0 saturated carbocycles. The van der Waals surface area contributed by atoms with Gasteiger partial charge in [-0.25, -0.2) is 4.68 Å². The van der Waals surface area contributed by atoms with Crippen molar-refractivity contribution in [1.29, 1.82) is 0 Å². The van der Waals surface area contributed by atoms with Crippen LogP contribution in [0, 0.1) is 12.8 Å². The van der Waals surface area contributed by atoms with Crippen molar-refractivity contribution in [2.45, 2.75) is 32.9 Å². The van der Waals surface area contributed by atoms with Gasteiger partial charge in [0.05, 0.1) is 30.9 Å². The summed E-state index contributed by atoms with van der Waals surface area (Å²) in [7, 11) is 0. The smallest absolute Gasteiger partial charge is 0.269 e. The van der Waals surface area contributed by atoms with Crippen molar-refractivity contribution < 1.29 is 9.21 Å². The predicted octanol–water partition coefficient (Wildman–Crippen LogP) is 2.73. The van der Waals surface area contributed by atoms with Crippen molar-refractivity contribution in [3.63, 3.8) is 0 Å². The van der Waals surface area contributed by atoms with Crippen molar-refractivity contribution in [2.75, 3.05) is 18.0 Å². The summed E-state index contributed by atoms with van der Waals surface area (Å²) < 4.78 is 6.96. The van der Waals surface area contributed by atoms with Crippen molar-refractivity contribution >= 4 is 11.6 Å². The number of carbonyl (C=O) groups excluding carboxylic acids is 1. The van der Waals surface area contributed by atoms with Crippen LogP contribution in [-0.4, -0.2) is 28.8 Å². The van der Waals surface area contributed by atoms with Gasteiger partial charge in [-0.2, -0.15) is 5.10 Å². The summed E-state index contributed by atoms with van der Waals surface area (Å²) in [5.41, 5.74) is 1.65. The van der Waals surface area contributed by atoms with E-state index in [2.05, 4.69) is 15.3 Å². The van der Waals surface area contributed by atoms with Crippen LogP contribution in [0.3, 0.4) is 0 Å². The maximum atomic E-state index is 12.6. The molecule has 0 spiro atoms. The van der Waals surface area contributed by atoms with E-state index in [1.54, 1.807) is 12.3 Å². The third-order valence-electron chi connectivity index (χ3n) is 5.42. The number of aromatic nitrogens is 2. The van der Waals surface area contributed by atoms with Crippen molar-refractivity contribution in [3.8, 4) is 0 Å². The van der Waals surface area contributed by atoms with Crippen molar-refractivity contribution in [2.24, 2.45) is 5.92 Å². The number of benzene rings is 1. The lowest BCUT2D eigenvalue weighted by atomic mass is 9.97. The molecule has 1 aliphatic heterocycles. The fourth-order valence-corrected chi connectivity index (χ4v) is 3.80. The lowest BCUT2D eigenvalue weighted by molar-refractivity contribution is -0.125. The average molecular weight is 406 g/mol. The molecule has 3 heterocycles. The molecule has 7 heteroatoms. The van der Waals surface area contributed by atoms with E-state index in [4.69, 9.17) is 4.42 Å². The van der Waals surface area contributed by atoms with Crippen LogP contribution in [0.2, 0.25) is 0 Å². The number of hydrogen-bond acceptors (Lipinski definition) is 5. The fraction of sp³-hybridized carbons (Fsp3) is 0.348. The summed E-state index contributed by atoms with van der Waals surface area (Å²) in [6.07, 6.45) is 3.44. The molecule has 1 aliphatic rings. The first kappa shape index (κ1) is 19.9. The number of rotatable bonds is 6. The van der Waals surface area contributed by atoms with Gasteiger partial charge in [0.15, 0.2) is 0 Å². The Morgan fingerprint density at radius 1 is 1.23 bits per heavy atom. The van der Waals surface area contributed by atoms with E-state index < -0.39 is 0 Å².